The Bertz CT molecular complexity index is 691. The summed E-state index contributed by atoms with van der Waals surface area (Å²) >= 11 is 0. The van der Waals surface area contributed by atoms with Crippen molar-refractivity contribution in [2.24, 2.45) is 4.99 Å². The van der Waals surface area contributed by atoms with E-state index in [-0.39, 0.29) is 5.82 Å². The molecule has 0 aliphatic carbocycles. The number of nitrogens with zero attached hydrogens (tertiary/aromatic N) is 5. The average molecular weight is 332 g/mol. The third-order valence-electron chi connectivity index (χ3n) is 3.95. The number of hydrogen-bond donors (Lipinski definition) is 1. The molecule has 1 fully saturated rings. The first kappa shape index (κ1) is 16.2. The molecular weight excluding hydrogens is 311 g/mol. The van der Waals surface area contributed by atoms with Crippen LogP contribution in [-0.4, -0.2) is 54.2 Å². The van der Waals surface area contributed by atoms with E-state index in [0.717, 1.165) is 37.8 Å². The third kappa shape index (κ3) is 3.81. The molecule has 1 aliphatic heterocycles. The molecule has 0 radical (unpaired) electrons. The van der Waals surface area contributed by atoms with Crippen LogP contribution < -0.4 is 10.2 Å². The van der Waals surface area contributed by atoms with Gasteiger partial charge in [0.25, 0.3) is 0 Å². The normalized spacial score (nSPS) is 15.7. The number of aryl methyl sites for hydroxylation is 1. The molecule has 2 heterocycles. The maximum atomic E-state index is 13.0. The minimum Gasteiger partial charge on any atom is -0.368 e. The lowest BCUT2D eigenvalue weighted by Crippen LogP contribution is -2.52. The maximum absolute atomic E-state index is 13.0. The van der Waals surface area contributed by atoms with Crippen molar-refractivity contribution in [3.05, 3.63) is 41.8 Å². The number of guanidine groups is 1. The first-order valence-electron chi connectivity index (χ1n) is 7.91. The predicted molar refractivity (Wildman–Crippen MR) is 89.4 cm³/mol. The molecule has 1 aromatic heterocycles. The Labute approximate surface area is 140 Å². The summed E-state index contributed by atoms with van der Waals surface area (Å²) in [6.45, 7) is 5.61. The molecule has 1 N–H and O–H groups in total. The van der Waals surface area contributed by atoms with Crippen molar-refractivity contribution in [2.75, 3.05) is 38.1 Å². The summed E-state index contributed by atoms with van der Waals surface area (Å²) in [5, 5.41) is 7.01. The van der Waals surface area contributed by atoms with E-state index in [9.17, 15) is 4.39 Å². The van der Waals surface area contributed by atoms with E-state index in [1.165, 1.54) is 12.1 Å². The zero-order valence-electron chi connectivity index (χ0n) is 13.9. The van der Waals surface area contributed by atoms with Crippen LogP contribution in [0.2, 0.25) is 0 Å². The summed E-state index contributed by atoms with van der Waals surface area (Å²) in [6, 6.07) is 6.62. The van der Waals surface area contributed by atoms with Gasteiger partial charge in [-0.05, 0) is 31.2 Å². The molecule has 8 heteroatoms. The van der Waals surface area contributed by atoms with Crippen LogP contribution in [0, 0.1) is 12.7 Å². The number of hydrogen-bond acceptors (Lipinski definition) is 5. The van der Waals surface area contributed by atoms with Crippen molar-refractivity contribution in [3.63, 3.8) is 0 Å². The number of halogens is 1. The standard InChI is InChI=1S/C16H21FN6O/c1-12-20-15(24-21-12)11-19-16(18-2)23-9-7-22(8-10-23)14-5-3-13(17)4-6-14/h3-6H,7-11H2,1-2H3,(H,18,19). The lowest BCUT2D eigenvalue weighted by Gasteiger charge is -2.37. The van der Waals surface area contributed by atoms with Gasteiger partial charge in [0, 0.05) is 38.9 Å². The molecule has 24 heavy (non-hydrogen) atoms. The topological polar surface area (TPSA) is 69.8 Å². The first-order chi connectivity index (χ1) is 11.7. The van der Waals surface area contributed by atoms with E-state index in [2.05, 4.69) is 30.2 Å². The van der Waals surface area contributed by atoms with Gasteiger partial charge in [-0.1, -0.05) is 5.16 Å². The predicted octanol–water partition coefficient (Wildman–Crippen LogP) is 1.41. The fraction of sp³-hybridized carbons (Fsp3) is 0.438. The zero-order valence-corrected chi connectivity index (χ0v) is 13.9. The maximum Gasteiger partial charge on any atom is 0.246 e. The smallest absolute Gasteiger partial charge is 0.246 e. The molecule has 1 saturated heterocycles. The molecule has 0 spiro atoms. The summed E-state index contributed by atoms with van der Waals surface area (Å²) in [5.41, 5.74) is 1.04. The first-order valence-corrected chi connectivity index (χ1v) is 7.91. The SMILES string of the molecule is CN=C(NCc1nc(C)no1)N1CCN(c2ccc(F)cc2)CC1. The summed E-state index contributed by atoms with van der Waals surface area (Å²) in [5.74, 6) is 1.76. The molecule has 7 nitrogen and oxygen atoms in total. The van der Waals surface area contributed by atoms with Gasteiger partial charge in [0.05, 0.1) is 6.54 Å². The second-order valence-corrected chi connectivity index (χ2v) is 5.59. The molecule has 3 rings (SSSR count). The van der Waals surface area contributed by atoms with E-state index in [1.54, 1.807) is 14.0 Å². The van der Waals surface area contributed by atoms with Crippen molar-refractivity contribution >= 4 is 11.6 Å². The van der Waals surface area contributed by atoms with Gasteiger partial charge in [-0.3, -0.25) is 4.99 Å². The molecule has 0 bridgehead atoms. The summed E-state index contributed by atoms with van der Waals surface area (Å²) in [6.07, 6.45) is 0. The summed E-state index contributed by atoms with van der Waals surface area (Å²) < 4.78 is 18.1. The highest BCUT2D eigenvalue weighted by Crippen LogP contribution is 2.17. The van der Waals surface area contributed by atoms with E-state index < -0.39 is 0 Å². The van der Waals surface area contributed by atoms with Gasteiger partial charge in [-0.15, -0.1) is 0 Å². The van der Waals surface area contributed by atoms with Gasteiger partial charge >= 0.3 is 0 Å². The van der Waals surface area contributed by atoms with Gasteiger partial charge in [0.15, 0.2) is 11.8 Å². The Morgan fingerprint density at radius 2 is 1.96 bits per heavy atom. The van der Waals surface area contributed by atoms with Gasteiger partial charge in [-0.25, -0.2) is 4.39 Å². The van der Waals surface area contributed by atoms with Crippen molar-refractivity contribution in [1.29, 1.82) is 0 Å². The van der Waals surface area contributed by atoms with Gasteiger partial charge in [0.2, 0.25) is 5.89 Å². The number of aromatic nitrogens is 2. The van der Waals surface area contributed by atoms with Crippen molar-refractivity contribution in [2.45, 2.75) is 13.5 Å². The van der Waals surface area contributed by atoms with Crippen LogP contribution in [0.1, 0.15) is 11.7 Å². The Hall–Kier alpha value is -2.64. The van der Waals surface area contributed by atoms with Crippen LogP contribution in [0.5, 0.6) is 0 Å². The Morgan fingerprint density at radius 1 is 1.25 bits per heavy atom. The van der Waals surface area contributed by atoms with Crippen LogP contribution in [0.25, 0.3) is 0 Å². The van der Waals surface area contributed by atoms with Gasteiger partial charge in [-0.2, -0.15) is 4.98 Å². The monoisotopic (exact) mass is 332 g/mol. The number of rotatable bonds is 3. The Kier molecular flexibility index (Phi) is 4.93. The van der Waals surface area contributed by atoms with E-state index in [0.29, 0.717) is 18.3 Å². The number of aliphatic imine (C=N–C) groups is 1. The van der Waals surface area contributed by atoms with Crippen LogP contribution >= 0.6 is 0 Å². The number of benzene rings is 1. The van der Waals surface area contributed by atoms with Crippen LogP contribution in [-0.2, 0) is 6.54 Å². The average Bonchev–Trinajstić information content (AvgIpc) is 3.02. The summed E-state index contributed by atoms with van der Waals surface area (Å²) in [4.78, 5) is 12.9. The van der Waals surface area contributed by atoms with E-state index in [4.69, 9.17) is 4.52 Å². The van der Waals surface area contributed by atoms with Crippen LogP contribution in [0.15, 0.2) is 33.8 Å². The molecule has 0 atom stereocenters. The Morgan fingerprint density at radius 3 is 2.54 bits per heavy atom. The lowest BCUT2D eigenvalue weighted by atomic mass is 10.2. The minimum absolute atomic E-state index is 0.210. The summed E-state index contributed by atoms with van der Waals surface area (Å²) in [7, 11) is 1.76. The molecule has 1 aliphatic rings. The van der Waals surface area contributed by atoms with Crippen LogP contribution in [0.4, 0.5) is 10.1 Å². The second kappa shape index (κ2) is 7.29. The molecule has 0 saturated carbocycles. The van der Waals surface area contributed by atoms with E-state index in [1.807, 2.05) is 12.1 Å². The molecule has 2 aromatic rings. The van der Waals surface area contributed by atoms with E-state index >= 15 is 0 Å². The number of piperazine rings is 1. The molecule has 0 unspecified atom stereocenters. The van der Waals surface area contributed by atoms with Crippen LogP contribution in [0.3, 0.4) is 0 Å². The van der Waals surface area contributed by atoms with Crippen molar-refractivity contribution in [1.82, 2.24) is 20.4 Å². The highest BCUT2D eigenvalue weighted by atomic mass is 19.1. The molecular formula is C16H21FN6O. The molecule has 0 amide bonds. The fourth-order valence-electron chi connectivity index (χ4n) is 2.73. The lowest BCUT2D eigenvalue weighted by molar-refractivity contribution is 0.354. The largest absolute Gasteiger partial charge is 0.368 e. The fourth-order valence-corrected chi connectivity index (χ4v) is 2.73. The molecule has 128 valence electrons. The highest BCUT2D eigenvalue weighted by Gasteiger charge is 2.20. The minimum atomic E-state index is -0.210. The quantitative estimate of drug-likeness (QED) is 0.677. The third-order valence-corrected chi connectivity index (χ3v) is 3.95. The van der Waals surface area contributed by atoms with Crippen molar-refractivity contribution < 1.29 is 8.91 Å². The zero-order chi connectivity index (χ0) is 16.9. The number of anilines is 1. The van der Waals surface area contributed by atoms with Gasteiger partial charge < -0.3 is 19.6 Å². The second-order valence-electron chi connectivity index (χ2n) is 5.59. The molecule has 1 aromatic carbocycles. The highest BCUT2D eigenvalue weighted by molar-refractivity contribution is 5.80. The number of nitrogens with one attached hydrogen (secondary N) is 1. The Balaban J connectivity index is 1.53. The van der Waals surface area contributed by atoms with Crippen molar-refractivity contribution in [3.8, 4) is 0 Å². The van der Waals surface area contributed by atoms with Gasteiger partial charge in [0.1, 0.15) is 5.82 Å².